The summed E-state index contributed by atoms with van der Waals surface area (Å²) in [4.78, 5) is 43.2. The van der Waals surface area contributed by atoms with Gasteiger partial charge < -0.3 is 20.6 Å². The summed E-state index contributed by atoms with van der Waals surface area (Å²) in [6, 6.07) is -1.23. The Kier molecular flexibility index (Phi) is 8.35. The highest BCUT2D eigenvalue weighted by molar-refractivity contribution is 9.09. The first kappa shape index (κ1) is 28.8. The maximum atomic E-state index is 14.1. The van der Waals surface area contributed by atoms with E-state index in [2.05, 4.69) is 47.3 Å². The lowest BCUT2D eigenvalue weighted by Crippen LogP contribution is -2.61. The molecule has 1 spiro atoms. The van der Waals surface area contributed by atoms with Gasteiger partial charge in [-0.05, 0) is 44.4 Å². The number of alkyl halides is 1. The van der Waals surface area contributed by atoms with Gasteiger partial charge in [-0.3, -0.25) is 14.4 Å². The van der Waals surface area contributed by atoms with E-state index in [-0.39, 0.29) is 45.7 Å². The van der Waals surface area contributed by atoms with Crippen LogP contribution in [-0.2, 0) is 14.4 Å². The van der Waals surface area contributed by atoms with Gasteiger partial charge in [0.1, 0.15) is 6.04 Å². The van der Waals surface area contributed by atoms with Crippen LogP contribution in [0, 0.1) is 23.2 Å². The maximum absolute atomic E-state index is 14.1. The fourth-order valence-electron chi connectivity index (χ4n) is 6.78. The van der Waals surface area contributed by atoms with E-state index >= 15 is 0 Å². The zero-order chi connectivity index (χ0) is 26.5. The summed E-state index contributed by atoms with van der Waals surface area (Å²) in [6.07, 6.45) is 2.23. The van der Waals surface area contributed by atoms with Crippen LogP contribution >= 0.6 is 27.7 Å². The molecule has 35 heavy (non-hydrogen) atoms. The Morgan fingerprint density at radius 1 is 1.23 bits per heavy atom. The Morgan fingerprint density at radius 2 is 1.86 bits per heavy atom. The average molecular weight is 575 g/mol. The Morgan fingerprint density at radius 3 is 2.37 bits per heavy atom. The molecule has 3 aliphatic rings. The van der Waals surface area contributed by atoms with Gasteiger partial charge in [0.2, 0.25) is 17.7 Å². The molecule has 3 unspecified atom stereocenters. The summed E-state index contributed by atoms with van der Waals surface area (Å²) in [5.74, 6) is -1.56. The third-order valence-electron chi connectivity index (χ3n) is 7.58. The zero-order valence-electron chi connectivity index (χ0n) is 22.5. The van der Waals surface area contributed by atoms with E-state index in [4.69, 9.17) is 0 Å². The van der Waals surface area contributed by atoms with E-state index in [1.807, 2.05) is 34.6 Å². The molecule has 3 fully saturated rings. The predicted octanol–water partition coefficient (Wildman–Crippen LogP) is 3.33. The first-order chi connectivity index (χ1) is 16.1. The van der Waals surface area contributed by atoms with Gasteiger partial charge in [0.25, 0.3) is 0 Å². The van der Waals surface area contributed by atoms with Crippen molar-refractivity contribution >= 4 is 45.4 Å². The zero-order valence-corrected chi connectivity index (χ0v) is 24.9. The van der Waals surface area contributed by atoms with Crippen molar-refractivity contribution in [1.29, 1.82) is 0 Å². The molecule has 3 N–H and O–H groups in total. The van der Waals surface area contributed by atoms with E-state index in [1.54, 1.807) is 16.7 Å². The number of fused-ring (bicyclic) bond motifs is 1. The number of aliphatic hydroxyl groups excluding tert-OH is 1. The van der Waals surface area contributed by atoms with Gasteiger partial charge in [0.05, 0.1) is 29.2 Å². The number of aliphatic hydroxyl groups is 1. The lowest BCUT2D eigenvalue weighted by molar-refractivity contribution is -0.144. The summed E-state index contributed by atoms with van der Waals surface area (Å²) >= 11 is 5.43. The molecule has 7 nitrogen and oxygen atoms in total. The van der Waals surface area contributed by atoms with Crippen molar-refractivity contribution in [3.63, 3.8) is 0 Å². The fourth-order valence-corrected chi connectivity index (χ4v) is 10.4. The van der Waals surface area contributed by atoms with Crippen molar-refractivity contribution in [3.05, 3.63) is 0 Å². The molecule has 0 aromatic rings. The fraction of sp³-hybridized carbons (Fsp3) is 0.885. The highest BCUT2D eigenvalue weighted by Crippen LogP contribution is 2.68. The predicted molar refractivity (Wildman–Crippen MR) is 144 cm³/mol. The topological polar surface area (TPSA) is 98.7 Å². The molecule has 3 rings (SSSR count). The second-order valence-electron chi connectivity index (χ2n) is 12.8. The Bertz CT molecular complexity index is 845. The summed E-state index contributed by atoms with van der Waals surface area (Å²) < 4.78 is -0.700. The molecule has 3 heterocycles. The lowest BCUT2D eigenvalue weighted by atomic mass is 9.70. The van der Waals surface area contributed by atoms with Gasteiger partial charge in [0.15, 0.2) is 0 Å². The third kappa shape index (κ3) is 5.28. The second-order valence-corrected chi connectivity index (χ2v) is 15.5. The third-order valence-corrected chi connectivity index (χ3v) is 10.8. The van der Waals surface area contributed by atoms with E-state index in [1.165, 1.54) is 0 Å². The smallest absolute Gasteiger partial charge is 0.244 e. The SMILES string of the molecule is CCCNC(=O)[C@H]1[C@@H]2SC3(CC2Br)C(C(=O)NC(C)(C)CC(C)(C)C)N([C@@H](CO)C(C)C)C(=O)[C@H]13. The molecule has 3 aliphatic heterocycles. The van der Waals surface area contributed by atoms with Crippen molar-refractivity contribution in [2.75, 3.05) is 13.2 Å². The van der Waals surface area contributed by atoms with Crippen LogP contribution < -0.4 is 10.6 Å². The van der Waals surface area contributed by atoms with Gasteiger partial charge in [0, 0.05) is 22.2 Å². The van der Waals surface area contributed by atoms with Gasteiger partial charge in [-0.1, -0.05) is 57.5 Å². The van der Waals surface area contributed by atoms with Crippen molar-refractivity contribution in [2.24, 2.45) is 23.2 Å². The molecule has 0 aliphatic carbocycles. The highest BCUT2D eigenvalue weighted by atomic mass is 79.9. The quantitative estimate of drug-likeness (QED) is 0.367. The number of thioether (sulfide) groups is 1. The molecular weight excluding hydrogens is 530 g/mol. The number of nitrogens with one attached hydrogen (secondary N) is 2. The van der Waals surface area contributed by atoms with Crippen molar-refractivity contribution < 1.29 is 19.5 Å². The Balaban J connectivity index is 2.05. The molecule has 200 valence electrons. The number of likely N-dealkylation sites (tertiary alicyclic amines) is 1. The molecular formula is C26H44BrN3O4S. The minimum absolute atomic E-state index is 0.0122. The van der Waals surface area contributed by atoms with Gasteiger partial charge in [-0.2, -0.15) is 0 Å². The van der Waals surface area contributed by atoms with Gasteiger partial charge in [-0.15, -0.1) is 11.8 Å². The molecule has 3 saturated heterocycles. The largest absolute Gasteiger partial charge is 0.394 e. The van der Waals surface area contributed by atoms with Crippen LogP contribution in [0.4, 0.5) is 0 Å². The number of carbonyl (C=O) groups is 3. The summed E-state index contributed by atoms with van der Waals surface area (Å²) in [5.41, 5.74) is -0.462. The van der Waals surface area contributed by atoms with Crippen LogP contribution in [-0.4, -0.2) is 73.3 Å². The standard InChI is InChI=1S/C26H44BrN3O4S/c1-9-10-28-21(32)17-18-23(34)30(16(12-31)14(2)3)20(26(18)11-15(27)19(17)35-26)22(33)29-25(7,8)13-24(4,5)6/h14-20,31H,9-13H2,1-8H3,(H,28,32)(H,29,33)/t15?,16-,17+,18-,19+,20?,26?/m0/s1. The Labute approximate surface area is 223 Å². The molecule has 9 heteroatoms. The van der Waals surface area contributed by atoms with Gasteiger partial charge >= 0.3 is 0 Å². The minimum Gasteiger partial charge on any atom is -0.394 e. The summed E-state index contributed by atoms with van der Waals surface area (Å²) in [5, 5.41) is 16.5. The van der Waals surface area contributed by atoms with Gasteiger partial charge in [-0.25, -0.2) is 0 Å². The van der Waals surface area contributed by atoms with Crippen LogP contribution in [0.15, 0.2) is 0 Å². The van der Waals surface area contributed by atoms with E-state index in [9.17, 15) is 19.5 Å². The van der Waals surface area contributed by atoms with E-state index < -0.39 is 34.2 Å². The first-order valence-corrected chi connectivity index (χ1v) is 14.7. The van der Waals surface area contributed by atoms with Crippen LogP contribution in [0.2, 0.25) is 0 Å². The monoisotopic (exact) mass is 573 g/mol. The molecule has 0 radical (unpaired) electrons. The number of carbonyl (C=O) groups excluding carboxylic acids is 3. The normalized spacial score (nSPS) is 33.3. The molecule has 0 aromatic heterocycles. The lowest BCUT2D eigenvalue weighted by Gasteiger charge is -2.41. The van der Waals surface area contributed by atoms with Crippen LogP contribution in [0.1, 0.15) is 74.7 Å². The van der Waals surface area contributed by atoms with Crippen LogP contribution in [0.25, 0.3) is 0 Å². The van der Waals surface area contributed by atoms with Crippen molar-refractivity contribution in [3.8, 4) is 0 Å². The van der Waals surface area contributed by atoms with Crippen LogP contribution in [0.5, 0.6) is 0 Å². The van der Waals surface area contributed by atoms with Crippen molar-refractivity contribution in [2.45, 2.75) is 107 Å². The summed E-state index contributed by atoms with van der Waals surface area (Å²) in [7, 11) is 0. The average Bonchev–Trinajstić information content (AvgIpc) is 3.28. The van der Waals surface area contributed by atoms with E-state index in [0.29, 0.717) is 13.0 Å². The number of nitrogens with zero attached hydrogens (tertiary/aromatic N) is 1. The number of rotatable bonds is 9. The molecule has 0 aromatic carbocycles. The Hall–Kier alpha value is -0.800. The highest BCUT2D eigenvalue weighted by Gasteiger charge is 2.76. The first-order valence-electron chi connectivity index (χ1n) is 12.9. The summed E-state index contributed by atoms with van der Waals surface area (Å²) in [6.45, 7) is 16.7. The number of hydrogen-bond donors (Lipinski definition) is 3. The van der Waals surface area contributed by atoms with Crippen LogP contribution in [0.3, 0.4) is 0 Å². The number of halogens is 1. The maximum Gasteiger partial charge on any atom is 0.244 e. The second kappa shape index (κ2) is 10.2. The van der Waals surface area contributed by atoms with E-state index in [0.717, 1.165) is 12.8 Å². The molecule has 7 atom stereocenters. The van der Waals surface area contributed by atoms with Crippen molar-refractivity contribution in [1.82, 2.24) is 15.5 Å². The molecule has 2 bridgehead atoms. The molecule has 3 amide bonds. The minimum atomic E-state index is -0.738. The number of amides is 3. The number of hydrogen-bond acceptors (Lipinski definition) is 5. The molecule has 0 saturated carbocycles.